The average Bonchev–Trinajstić information content (AvgIpc) is 2.59. The SMILES string of the molecule is Cc1ccc(C2(C)NC(=O)N(CCC#N)C2=O)c(C)c1. The normalized spacial score (nSPS) is 21.8. The summed E-state index contributed by atoms with van der Waals surface area (Å²) in [6, 6.07) is 7.29. The molecule has 0 spiro atoms. The van der Waals surface area contributed by atoms with Crippen LogP contribution in [0, 0.1) is 25.2 Å². The van der Waals surface area contributed by atoms with Crippen molar-refractivity contribution in [2.75, 3.05) is 6.54 Å². The van der Waals surface area contributed by atoms with Gasteiger partial charge in [-0.3, -0.25) is 9.69 Å². The van der Waals surface area contributed by atoms with Gasteiger partial charge in [-0.2, -0.15) is 5.26 Å². The number of hydrogen-bond donors (Lipinski definition) is 1. The van der Waals surface area contributed by atoms with Gasteiger partial charge < -0.3 is 5.32 Å². The first kappa shape index (κ1) is 14.1. The lowest BCUT2D eigenvalue weighted by Gasteiger charge is -2.24. The number of amides is 3. The lowest BCUT2D eigenvalue weighted by atomic mass is 9.87. The van der Waals surface area contributed by atoms with Crippen LogP contribution in [-0.4, -0.2) is 23.4 Å². The molecule has 20 heavy (non-hydrogen) atoms. The third-order valence-corrected chi connectivity index (χ3v) is 3.64. The summed E-state index contributed by atoms with van der Waals surface area (Å²) in [4.78, 5) is 25.6. The number of benzene rings is 1. The van der Waals surface area contributed by atoms with Crippen molar-refractivity contribution in [3.8, 4) is 6.07 Å². The van der Waals surface area contributed by atoms with Crippen LogP contribution in [0.5, 0.6) is 0 Å². The molecule has 0 saturated carbocycles. The van der Waals surface area contributed by atoms with Gasteiger partial charge in [0.2, 0.25) is 0 Å². The summed E-state index contributed by atoms with van der Waals surface area (Å²) in [7, 11) is 0. The highest BCUT2D eigenvalue weighted by molar-refractivity contribution is 6.07. The molecule has 2 rings (SSSR count). The highest BCUT2D eigenvalue weighted by Gasteiger charge is 2.49. The maximum atomic E-state index is 12.5. The molecule has 5 heteroatoms. The Bertz CT molecular complexity index is 618. The second-order valence-corrected chi connectivity index (χ2v) is 5.24. The Balaban J connectivity index is 2.38. The monoisotopic (exact) mass is 271 g/mol. The van der Waals surface area contributed by atoms with Gasteiger partial charge in [-0.25, -0.2) is 4.79 Å². The number of nitrogens with one attached hydrogen (secondary N) is 1. The summed E-state index contributed by atoms with van der Waals surface area (Å²) in [6.07, 6.45) is 0.141. The van der Waals surface area contributed by atoms with E-state index in [1.165, 1.54) is 0 Å². The minimum atomic E-state index is -1.05. The molecule has 1 heterocycles. The lowest BCUT2D eigenvalue weighted by molar-refractivity contribution is -0.131. The smallest absolute Gasteiger partial charge is 0.319 e. The first-order valence-electron chi connectivity index (χ1n) is 6.49. The summed E-state index contributed by atoms with van der Waals surface area (Å²) < 4.78 is 0. The molecular weight excluding hydrogens is 254 g/mol. The van der Waals surface area contributed by atoms with E-state index in [1.54, 1.807) is 6.92 Å². The molecule has 1 aliphatic rings. The molecule has 0 aromatic heterocycles. The highest BCUT2D eigenvalue weighted by atomic mass is 16.2. The van der Waals surface area contributed by atoms with Crippen LogP contribution in [0.15, 0.2) is 18.2 Å². The van der Waals surface area contributed by atoms with E-state index in [1.807, 2.05) is 38.1 Å². The topological polar surface area (TPSA) is 73.2 Å². The van der Waals surface area contributed by atoms with Crippen molar-refractivity contribution in [3.63, 3.8) is 0 Å². The number of nitriles is 1. The summed E-state index contributed by atoms with van der Waals surface area (Å²) in [5.41, 5.74) is 1.81. The van der Waals surface area contributed by atoms with Crippen molar-refractivity contribution in [2.24, 2.45) is 0 Å². The Kier molecular flexibility index (Phi) is 3.49. The van der Waals surface area contributed by atoms with Gasteiger partial charge in [0, 0.05) is 6.54 Å². The fourth-order valence-corrected chi connectivity index (χ4v) is 2.62. The average molecular weight is 271 g/mol. The molecule has 0 bridgehead atoms. The molecule has 1 unspecified atom stereocenters. The Morgan fingerprint density at radius 3 is 2.65 bits per heavy atom. The number of imide groups is 1. The number of hydrogen-bond acceptors (Lipinski definition) is 3. The van der Waals surface area contributed by atoms with Crippen molar-refractivity contribution >= 4 is 11.9 Å². The van der Waals surface area contributed by atoms with Crippen molar-refractivity contribution < 1.29 is 9.59 Å². The summed E-state index contributed by atoms with van der Waals surface area (Å²) >= 11 is 0. The van der Waals surface area contributed by atoms with Crippen LogP contribution in [0.3, 0.4) is 0 Å². The standard InChI is InChI=1S/C15H17N3O2/c1-10-5-6-12(11(2)9-10)15(3)13(19)18(8-4-7-16)14(20)17-15/h5-6,9H,4,8H2,1-3H3,(H,17,20). The number of rotatable bonds is 3. The second kappa shape index (κ2) is 4.97. The van der Waals surface area contributed by atoms with Crippen molar-refractivity contribution in [3.05, 3.63) is 34.9 Å². The molecule has 1 aliphatic heterocycles. The molecule has 3 amide bonds. The minimum absolute atomic E-state index is 0.127. The molecule has 0 aliphatic carbocycles. The van der Waals surface area contributed by atoms with Crippen LogP contribution in [0.2, 0.25) is 0 Å². The Labute approximate surface area is 118 Å². The van der Waals surface area contributed by atoms with Crippen LogP contribution in [0.4, 0.5) is 4.79 Å². The molecule has 5 nitrogen and oxygen atoms in total. The Morgan fingerprint density at radius 1 is 1.35 bits per heavy atom. The van der Waals surface area contributed by atoms with Gasteiger partial charge in [0.1, 0.15) is 5.54 Å². The predicted octanol–water partition coefficient (Wildman–Crippen LogP) is 1.98. The first-order chi connectivity index (χ1) is 9.40. The van der Waals surface area contributed by atoms with Crippen LogP contribution in [-0.2, 0) is 10.3 Å². The van der Waals surface area contributed by atoms with Crippen LogP contribution < -0.4 is 5.32 Å². The molecule has 1 atom stereocenters. The quantitative estimate of drug-likeness (QED) is 0.854. The Morgan fingerprint density at radius 2 is 2.05 bits per heavy atom. The first-order valence-corrected chi connectivity index (χ1v) is 6.49. The molecular formula is C15H17N3O2. The van der Waals surface area contributed by atoms with Crippen molar-refractivity contribution in [2.45, 2.75) is 32.7 Å². The third-order valence-electron chi connectivity index (χ3n) is 3.64. The summed E-state index contributed by atoms with van der Waals surface area (Å²) in [5, 5.41) is 11.3. The summed E-state index contributed by atoms with van der Waals surface area (Å²) in [5.74, 6) is -0.301. The molecule has 1 aromatic carbocycles. The number of urea groups is 1. The molecule has 1 saturated heterocycles. The van der Waals surface area contributed by atoms with Gasteiger partial charge in [0.25, 0.3) is 5.91 Å². The van der Waals surface area contributed by atoms with Gasteiger partial charge in [-0.1, -0.05) is 23.8 Å². The number of carbonyl (C=O) groups excluding carboxylic acids is 2. The largest absolute Gasteiger partial charge is 0.325 e. The van der Waals surface area contributed by atoms with Crippen LogP contribution >= 0.6 is 0 Å². The zero-order chi connectivity index (χ0) is 14.9. The molecule has 104 valence electrons. The van der Waals surface area contributed by atoms with E-state index >= 15 is 0 Å². The molecule has 0 radical (unpaired) electrons. The number of aryl methyl sites for hydroxylation is 2. The molecule has 1 N–H and O–H groups in total. The fourth-order valence-electron chi connectivity index (χ4n) is 2.62. The van der Waals surface area contributed by atoms with Gasteiger partial charge in [0.05, 0.1) is 12.5 Å². The van der Waals surface area contributed by atoms with Crippen LogP contribution in [0.1, 0.15) is 30.0 Å². The van der Waals surface area contributed by atoms with Gasteiger partial charge in [-0.05, 0) is 31.9 Å². The maximum absolute atomic E-state index is 12.5. The van der Waals surface area contributed by atoms with E-state index in [0.29, 0.717) is 0 Å². The predicted molar refractivity (Wildman–Crippen MR) is 73.7 cm³/mol. The van der Waals surface area contributed by atoms with Crippen molar-refractivity contribution in [1.29, 1.82) is 5.26 Å². The van der Waals surface area contributed by atoms with E-state index in [4.69, 9.17) is 5.26 Å². The van der Waals surface area contributed by atoms with Gasteiger partial charge in [-0.15, -0.1) is 0 Å². The number of carbonyl (C=O) groups is 2. The van der Waals surface area contributed by atoms with E-state index < -0.39 is 11.6 Å². The summed E-state index contributed by atoms with van der Waals surface area (Å²) in [6.45, 7) is 5.73. The lowest BCUT2D eigenvalue weighted by Crippen LogP contribution is -2.41. The van der Waals surface area contributed by atoms with Crippen LogP contribution in [0.25, 0.3) is 0 Å². The zero-order valence-corrected chi connectivity index (χ0v) is 11.9. The van der Waals surface area contributed by atoms with Gasteiger partial charge in [0.15, 0.2) is 0 Å². The van der Waals surface area contributed by atoms with Crippen molar-refractivity contribution in [1.82, 2.24) is 10.2 Å². The fraction of sp³-hybridized carbons (Fsp3) is 0.400. The van der Waals surface area contributed by atoms with Gasteiger partial charge >= 0.3 is 6.03 Å². The Hall–Kier alpha value is -2.35. The second-order valence-electron chi connectivity index (χ2n) is 5.24. The minimum Gasteiger partial charge on any atom is -0.319 e. The molecule has 1 fully saturated rings. The van der Waals surface area contributed by atoms with E-state index in [2.05, 4.69) is 5.32 Å². The number of nitrogens with zero attached hydrogens (tertiary/aromatic N) is 2. The van der Waals surface area contributed by atoms with E-state index in [9.17, 15) is 9.59 Å². The third kappa shape index (κ3) is 2.14. The highest BCUT2D eigenvalue weighted by Crippen LogP contribution is 2.31. The molecule has 1 aromatic rings. The maximum Gasteiger partial charge on any atom is 0.325 e. The zero-order valence-electron chi connectivity index (χ0n) is 11.9. The van der Waals surface area contributed by atoms with E-state index in [0.717, 1.165) is 21.6 Å². The van der Waals surface area contributed by atoms with E-state index in [-0.39, 0.29) is 18.9 Å².